The molecule has 0 radical (unpaired) electrons. The zero-order valence-electron chi connectivity index (χ0n) is 9.69. The molecule has 1 aromatic heterocycles. The van der Waals surface area contributed by atoms with Gasteiger partial charge in [0.2, 0.25) is 0 Å². The predicted octanol–water partition coefficient (Wildman–Crippen LogP) is 2.82. The maximum absolute atomic E-state index is 12.4. The lowest BCUT2D eigenvalue weighted by molar-refractivity contribution is -0.137. The van der Waals surface area contributed by atoms with Crippen molar-refractivity contribution in [3.63, 3.8) is 0 Å². The lowest BCUT2D eigenvalue weighted by atomic mass is 10.1. The summed E-state index contributed by atoms with van der Waals surface area (Å²) in [5, 5.41) is 10.1. The SMILES string of the molecule is NCC(O)c1cnc(-c2ccc(C(F)(F)F)cc2)s1. The third-order valence-electron chi connectivity index (χ3n) is 2.53. The predicted molar refractivity (Wildman–Crippen MR) is 66.6 cm³/mol. The van der Waals surface area contributed by atoms with Crippen molar-refractivity contribution in [2.45, 2.75) is 12.3 Å². The summed E-state index contributed by atoms with van der Waals surface area (Å²) in [6.45, 7) is 0.0780. The van der Waals surface area contributed by atoms with Crippen LogP contribution in [0, 0.1) is 0 Å². The van der Waals surface area contributed by atoms with Gasteiger partial charge in [-0.25, -0.2) is 4.98 Å². The van der Waals surface area contributed by atoms with E-state index in [4.69, 9.17) is 5.73 Å². The Hall–Kier alpha value is -1.44. The number of nitrogens with two attached hydrogens (primary N) is 1. The minimum absolute atomic E-state index is 0.0780. The Labute approximate surface area is 111 Å². The van der Waals surface area contributed by atoms with Crippen LogP contribution in [0.5, 0.6) is 0 Å². The summed E-state index contributed by atoms with van der Waals surface area (Å²) < 4.78 is 37.3. The Morgan fingerprint density at radius 2 is 1.89 bits per heavy atom. The number of thiazole rings is 1. The molecule has 19 heavy (non-hydrogen) atoms. The fourth-order valence-electron chi connectivity index (χ4n) is 1.49. The standard InChI is InChI=1S/C12H11F3N2OS/c13-12(14,15)8-3-1-7(2-4-8)11-17-6-10(19-11)9(18)5-16/h1-4,6,9,18H,5,16H2. The van der Waals surface area contributed by atoms with E-state index in [0.29, 0.717) is 15.4 Å². The maximum Gasteiger partial charge on any atom is 0.416 e. The molecule has 0 saturated carbocycles. The van der Waals surface area contributed by atoms with Gasteiger partial charge >= 0.3 is 6.18 Å². The summed E-state index contributed by atoms with van der Waals surface area (Å²) in [6, 6.07) is 4.74. The van der Waals surface area contributed by atoms with Gasteiger partial charge in [0.15, 0.2) is 0 Å². The number of aromatic nitrogens is 1. The maximum atomic E-state index is 12.4. The largest absolute Gasteiger partial charge is 0.416 e. The molecule has 0 fully saturated rings. The van der Waals surface area contributed by atoms with Gasteiger partial charge in [0.25, 0.3) is 0 Å². The van der Waals surface area contributed by atoms with Crippen LogP contribution in [0.1, 0.15) is 16.5 Å². The molecule has 2 aromatic rings. The molecule has 0 saturated heterocycles. The average Bonchev–Trinajstić information content (AvgIpc) is 2.86. The third kappa shape index (κ3) is 3.12. The van der Waals surface area contributed by atoms with Gasteiger partial charge in [-0.3, -0.25) is 0 Å². The highest BCUT2D eigenvalue weighted by Gasteiger charge is 2.30. The van der Waals surface area contributed by atoms with Gasteiger partial charge in [0.1, 0.15) is 11.1 Å². The summed E-state index contributed by atoms with van der Waals surface area (Å²) in [7, 11) is 0. The quantitative estimate of drug-likeness (QED) is 0.913. The summed E-state index contributed by atoms with van der Waals surface area (Å²) in [5.41, 5.74) is 5.20. The zero-order valence-corrected chi connectivity index (χ0v) is 10.5. The average molecular weight is 288 g/mol. The first-order valence-corrected chi connectivity index (χ1v) is 6.25. The first-order valence-electron chi connectivity index (χ1n) is 5.43. The number of hydrogen-bond acceptors (Lipinski definition) is 4. The second-order valence-electron chi connectivity index (χ2n) is 3.89. The highest BCUT2D eigenvalue weighted by Crippen LogP contribution is 2.32. The number of hydrogen-bond donors (Lipinski definition) is 2. The van der Waals surface area contributed by atoms with Crippen LogP contribution in [0.4, 0.5) is 13.2 Å². The molecule has 1 atom stereocenters. The van der Waals surface area contributed by atoms with E-state index < -0.39 is 17.8 Å². The summed E-state index contributed by atoms with van der Waals surface area (Å²) in [4.78, 5) is 4.66. The van der Waals surface area contributed by atoms with Crippen molar-refractivity contribution in [2.24, 2.45) is 5.73 Å². The highest BCUT2D eigenvalue weighted by atomic mass is 32.1. The number of rotatable bonds is 3. The van der Waals surface area contributed by atoms with Gasteiger partial charge in [-0.15, -0.1) is 11.3 Å². The molecule has 0 amide bonds. The fourth-order valence-corrected chi connectivity index (χ4v) is 2.41. The molecule has 1 unspecified atom stereocenters. The molecule has 0 aliphatic rings. The minimum Gasteiger partial charge on any atom is -0.386 e. The Kier molecular flexibility index (Phi) is 3.88. The van der Waals surface area contributed by atoms with Gasteiger partial charge in [-0.1, -0.05) is 12.1 Å². The summed E-state index contributed by atoms with van der Waals surface area (Å²) in [6.07, 6.45) is -3.65. The van der Waals surface area contributed by atoms with E-state index >= 15 is 0 Å². The lowest BCUT2D eigenvalue weighted by Gasteiger charge is -2.06. The van der Waals surface area contributed by atoms with Crippen LogP contribution >= 0.6 is 11.3 Å². The first-order chi connectivity index (χ1) is 8.91. The van der Waals surface area contributed by atoms with Crippen LogP contribution in [-0.2, 0) is 6.18 Å². The van der Waals surface area contributed by atoms with Crippen molar-refractivity contribution < 1.29 is 18.3 Å². The van der Waals surface area contributed by atoms with Crippen molar-refractivity contribution in [3.05, 3.63) is 40.9 Å². The molecular formula is C12H11F3N2OS. The first kappa shape index (κ1) is 14.0. The van der Waals surface area contributed by atoms with E-state index in [1.165, 1.54) is 29.7 Å². The van der Waals surface area contributed by atoms with E-state index in [9.17, 15) is 18.3 Å². The molecule has 1 heterocycles. The van der Waals surface area contributed by atoms with Gasteiger partial charge in [-0.2, -0.15) is 13.2 Å². The van der Waals surface area contributed by atoms with Crippen molar-refractivity contribution in [1.82, 2.24) is 4.98 Å². The number of benzene rings is 1. The molecular weight excluding hydrogens is 277 g/mol. The van der Waals surface area contributed by atoms with Gasteiger partial charge in [0, 0.05) is 18.3 Å². The van der Waals surface area contributed by atoms with Gasteiger partial charge < -0.3 is 10.8 Å². The Morgan fingerprint density at radius 3 is 2.42 bits per heavy atom. The van der Waals surface area contributed by atoms with Crippen LogP contribution in [-0.4, -0.2) is 16.6 Å². The molecule has 3 nitrogen and oxygen atoms in total. The molecule has 0 bridgehead atoms. The number of aliphatic hydroxyl groups excluding tert-OH is 1. The van der Waals surface area contributed by atoms with Crippen LogP contribution in [0.3, 0.4) is 0 Å². The molecule has 102 valence electrons. The molecule has 3 N–H and O–H groups in total. The van der Waals surface area contributed by atoms with Crippen LogP contribution in [0.25, 0.3) is 10.6 Å². The van der Waals surface area contributed by atoms with Crippen molar-refractivity contribution in [3.8, 4) is 10.6 Å². The van der Waals surface area contributed by atoms with Crippen LogP contribution in [0.2, 0.25) is 0 Å². The molecule has 0 aliphatic carbocycles. The molecule has 0 aliphatic heterocycles. The fraction of sp³-hybridized carbons (Fsp3) is 0.250. The zero-order chi connectivity index (χ0) is 14.0. The Morgan fingerprint density at radius 1 is 1.26 bits per heavy atom. The van der Waals surface area contributed by atoms with Crippen molar-refractivity contribution in [2.75, 3.05) is 6.54 Å². The summed E-state index contributed by atoms with van der Waals surface area (Å²) >= 11 is 1.21. The monoisotopic (exact) mass is 288 g/mol. The van der Waals surface area contributed by atoms with Gasteiger partial charge in [-0.05, 0) is 12.1 Å². The number of aliphatic hydroxyl groups is 1. The number of nitrogens with zero attached hydrogens (tertiary/aromatic N) is 1. The van der Waals surface area contributed by atoms with Crippen molar-refractivity contribution >= 4 is 11.3 Å². The molecule has 0 spiro atoms. The summed E-state index contributed by atoms with van der Waals surface area (Å²) in [5.74, 6) is 0. The molecule has 1 aromatic carbocycles. The van der Waals surface area contributed by atoms with Gasteiger partial charge in [0.05, 0.1) is 10.4 Å². The lowest BCUT2D eigenvalue weighted by Crippen LogP contribution is -2.09. The number of halogens is 3. The second-order valence-corrected chi connectivity index (χ2v) is 4.96. The normalized spacial score (nSPS) is 13.5. The van der Waals surface area contributed by atoms with Crippen LogP contribution < -0.4 is 5.73 Å². The van der Waals surface area contributed by atoms with E-state index in [2.05, 4.69) is 4.98 Å². The Bertz CT molecular complexity index is 551. The molecule has 7 heteroatoms. The van der Waals surface area contributed by atoms with E-state index in [-0.39, 0.29) is 6.54 Å². The van der Waals surface area contributed by atoms with Crippen molar-refractivity contribution in [1.29, 1.82) is 0 Å². The van der Waals surface area contributed by atoms with E-state index in [1.54, 1.807) is 0 Å². The number of alkyl halides is 3. The van der Waals surface area contributed by atoms with E-state index in [1.807, 2.05) is 0 Å². The van der Waals surface area contributed by atoms with E-state index in [0.717, 1.165) is 12.1 Å². The second kappa shape index (κ2) is 5.28. The highest BCUT2D eigenvalue weighted by molar-refractivity contribution is 7.15. The smallest absolute Gasteiger partial charge is 0.386 e. The molecule has 2 rings (SSSR count). The third-order valence-corrected chi connectivity index (χ3v) is 3.68. The topological polar surface area (TPSA) is 59.1 Å². The van der Waals surface area contributed by atoms with Crippen LogP contribution in [0.15, 0.2) is 30.5 Å². The Balaban J connectivity index is 2.25. The minimum atomic E-state index is -4.34.